The fourth-order valence-corrected chi connectivity index (χ4v) is 6.59. The fraction of sp³-hybridized carbons (Fsp3) is 0.344. The minimum absolute atomic E-state index is 0.0135. The minimum atomic E-state index is -0.763. The monoisotopic (exact) mass is 646 g/mol. The van der Waals surface area contributed by atoms with Crippen LogP contribution < -0.4 is 15.9 Å². The zero-order valence-electron chi connectivity index (χ0n) is 23.8. The van der Waals surface area contributed by atoms with Crippen molar-refractivity contribution in [3.8, 4) is 5.75 Å². The van der Waals surface area contributed by atoms with Crippen molar-refractivity contribution in [1.82, 2.24) is 24.7 Å². The number of aromatic hydroxyl groups is 1. The first-order valence-corrected chi connectivity index (χ1v) is 15.5. The molecule has 10 nitrogen and oxygen atoms in total. The molecule has 3 amide bonds. The fourth-order valence-electron chi connectivity index (χ4n) is 6.16. The Morgan fingerprint density at radius 1 is 0.907 bits per heavy atom. The summed E-state index contributed by atoms with van der Waals surface area (Å²) in [5, 5.41) is 13.0. The second kappa shape index (κ2) is 12.5. The number of nitrogens with zero attached hydrogens (tertiary/aromatic N) is 4. The number of hydrogen-bond donors (Lipinski definition) is 3. The van der Waals surface area contributed by atoms with Crippen molar-refractivity contribution in [2.75, 3.05) is 44.2 Å². The van der Waals surface area contributed by atoms with Crippen LogP contribution in [0.3, 0.4) is 0 Å². The van der Waals surface area contributed by atoms with Gasteiger partial charge >= 0.3 is 11.7 Å². The lowest BCUT2D eigenvalue weighted by Crippen LogP contribution is -2.57. The Bertz CT molecular complexity index is 1660. The molecule has 1 atom stereocenters. The highest BCUT2D eigenvalue weighted by atomic mass is 79.9. The van der Waals surface area contributed by atoms with E-state index >= 15 is 0 Å². The molecule has 2 aliphatic heterocycles. The zero-order chi connectivity index (χ0) is 29.9. The van der Waals surface area contributed by atoms with E-state index in [-0.39, 0.29) is 29.4 Å². The number of amides is 3. The van der Waals surface area contributed by atoms with Gasteiger partial charge in [0.05, 0.1) is 15.5 Å². The van der Waals surface area contributed by atoms with E-state index in [1.807, 2.05) is 47.4 Å². The van der Waals surface area contributed by atoms with Crippen LogP contribution in [0.25, 0.3) is 11.0 Å². The lowest BCUT2D eigenvalue weighted by atomic mass is 10.0. The number of carbonyl (C=O) groups excluding carboxylic acids is 2. The molecule has 0 saturated carbocycles. The number of rotatable bonds is 6. The van der Waals surface area contributed by atoms with E-state index in [4.69, 9.17) is 0 Å². The normalized spacial score (nSPS) is 16.8. The lowest BCUT2D eigenvalue weighted by Gasteiger charge is -2.38. The molecule has 43 heavy (non-hydrogen) atoms. The Morgan fingerprint density at radius 2 is 1.60 bits per heavy atom. The van der Waals surface area contributed by atoms with Gasteiger partial charge in [-0.3, -0.25) is 9.36 Å². The van der Waals surface area contributed by atoms with Crippen LogP contribution in [0, 0.1) is 0 Å². The Morgan fingerprint density at radius 3 is 2.33 bits per heavy atom. The highest BCUT2D eigenvalue weighted by molar-refractivity contribution is 9.10. The Labute approximate surface area is 258 Å². The van der Waals surface area contributed by atoms with Gasteiger partial charge in [-0.25, -0.2) is 9.59 Å². The van der Waals surface area contributed by atoms with E-state index in [9.17, 15) is 19.5 Å². The Kier molecular flexibility index (Phi) is 8.42. The van der Waals surface area contributed by atoms with Gasteiger partial charge in [0.1, 0.15) is 11.8 Å². The quantitative estimate of drug-likeness (QED) is 0.292. The maximum absolute atomic E-state index is 13.9. The largest absolute Gasteiger partial charge is 0.507 e. The standard InChI is InChI=1S/C32H35BrN6O4/c33-25-20-22(10-11-29(25)40)21-27(30(41)37-18-16-36(17-19-37)23-6-2-1-3-7-23)35-31(42)38-14-12-24(13-15-38)39-28-9-5-4-8-26(28)34-32(39)43/h1-11,20,24,27,40H,12-19,21H2,(H,34,43)(H,35,42)/t27-/m1/s1. The van der Waals surface area contributed by atoms with E-state index in [0.29, 0.717) is 63.0 Å². The molecule has 3 heterocycles. The van der Waals surface area contributed by atoms with Gasteiger partial charge < -0.3 is 30.1 Å². The molecular formula is C32H35BrN6O4. The molecule has 0 unspecified atom stereocenters. The maximum Gasteiger partial charge on any atom is 0.326 e. The predicted molar refractivity (Wildman–Crippen MR) is 169 cm³/mol. The highest BCUT2D eigenvalue weighted by Crippen LogP contribution is 2.27. The summed E-state index contributed by atoms with van der Waals surface area (Å²) < 4.78 is 2.34. The number of piperidine rings is 1. The molecule has 0 spiro atoms. The second-order valence-electron chi connectivity index (χ2n) is 11.2. The number of piperazine rings is 1. The van der Waals surface area contributed by atoms with Crippen molar-refractivity contribution in [1.29, 1.82) is 0 Å². The molecule has 2 saturated heterocycles. The molecule has 2 aliphatic rings. The van der Waals surface area contributed by atoms with Gasteiger partial charge in [-0.2, -0.15) is 0 Å². The van der Waals surface area contributed by atoms with Crippen molar-refractivity contribution in [2.45, 2.75) is 31.3 Å². The van der Waals surface area contributed by atoms with Gasteiger partial charge in [0.25, 0.3) is 0 Å². The van der Waals surface area contributed by atoms with Gasteiger partial charge in [-0.15, -0.1) is 0 Å². The van der Waals surface area contributed by atoms with E-state index in [0.717, 1.165) is 22.3 Å². The third kappa shape index (κ3) is 6.27. The number of carbonyl (C=O) groups is 2. The van der Waals surface area contributed by atoms with Crippen LogP contribution in [-0.4, -0.2) is 81.7 Å². The molecule has 224 valence electrons. The first-order valence-electron chi connectivity index (χ1n) is 14.7. The molecule has 1 aromatic heterocycles. The first-order chi connectivity index (χ1) is 20.9. The summed E-state index contributed by atoms with van der Waals surface area (Å²) in [7, 11) is 0. The third-order valence-corrected chi connectivity index (χ3v) is 9.14. The number of aromatic amines is 1. The second-order valence-corrected chi connectivity index (χ2v) is 12.0. The summed E-state index contributed by atoms with van der Waals surface area (Å²) in [6, 6.07) is 21.9. The number of likely N-dealkylation sites (tertiary alicyclic amines) is 1. The summed E-state index contributed by atoms with van der Waals surface area (Å²) >= 11 is 3.36. The molecular weight excluding hydrogens is 612 g/mol. The number of anilines is 1. The van der Waals surface area contributed by atoms with Crippen LogP contribution >= 0.6 is 15.9 Å². The van der Waals surface area contributed by atoms with Crippen molar-refractivity contribution in [3.63, 3.8) is 0 Å². The highest BCUT2D eigenvalue weighted by Gasteiger charge is 2.32. The summed E-state index contributed by atoms with van der Waals surface area (Å²) in [5.41, 5.74) is 3.49. The van der Waals surface area contributed by atoms with Gasteiger partial charge in [0, 0.05) is 57.4 Å². The molecule has 11 heteroatoms. The first kappa shape index (κ1) is 28.9. The van der Waals surface area contributed by atoms with Crippen molar-refractivity contribution in [2.24, 2.45) is 0 Å². The van der Waals surface area contributed by atoms with Gasteiger partial charge in [0.2, 0.25) is 5.91 Å². The number of phenols is 1. The van der Waals surface area contributed by atoms with Crippen LogP contribution in [0.15, 0.2) is 82.1 Å². The molecule has 0 bridgehead atoms. The van der Waals surface area contributed by atoms with Crippen LogP contribution in [0.5, 0.6) is 5.75 Å². The number of benzene rings is 3. The van der Waals surface area contributed by atoms with Crippen molar-refractivity contribution >= 4 is 44.6 Å². The number of imidazole rings is 1. The summed E-state index contributed by atoms with van der Waals surface area (Å²) in [6.45, 7) is 3.49. The van der Waals surface area contributed by atoms with E-state index in [1.165, 1.54) is 0 Å². The molecule has 4 aromatic rings. The lowest BCUT2D eigenvalue weighted by molar-refractivity contribution is -0.133. The van der Waals surface area contributed by atoms with E-state index < -0.39 is 6.04 Å². The minimum Gasteiger partial charge on any atom is -0.507 e. The summed E-state index contributed by atoms with van der Waals surface area (Å²) in [6.07, 6.45) is 1.57. The van der Waals surface area contributed by atoms with Crippen LogP contribution in [-0.2, 0) is 11.2 Å². The van der Waals surface area contributed by atoms with Crippen molar-refractivity contribution in [3.05, 3.63) is 93.3 Å². The van der Waals surface area contributed by atoms with Gasteiger partial charge in [-0.05, 0) is 70.7 Å². The number of hydrogen-bond acceptors (Lipinski definition) is 5. The summed E-state index contributed by atoms with van der Waals surface area (Å²) in [4.78, 5) is 48.8. The van der Waals surface area contributed by atoms with E-state index in [2.05, 4.69) is 43.3 Å². The molecule has 2 fully saturated rings. The number of H-pyrrole nitrogens is 1. The number of phenolic OH excluding ortho intramolecular Hbond substituents is 1. The van der Waals surface area contributed by atoms with E-state index in [1.54, 1.807) is 27.7 Å². The summed E-state index contributed by atoms with van der Waals surface area (Å²) in [5.74, 6) is -0.00429. The van der Waals surface area contributed by atoms with Crippen LogP contribution in [0.1, 0.15) is 24.4 Å². The number of halogens is 1. The van der Waals surface area contributed by atoms with Gasteiger partial charge in [0.15, 0.2) is 0 Å². The molecule has 3 aromatic carbocycles. The Balaban J connectivity index is 1.13. The van der Waals surface area contributed by atoms with Crippen LogP contribution in [0.4, 0.5) is 10.5 Å². The average Bonchev–Trinajstić information content (AvgIpc) is 3.38. The molecule has 3 N–H and O–H groups in total. The smallest absolute Gasteiger partial charge is 0.326 e. The topological polar surface area (TPSA) is 114 Å². The number of fused-ring (bicyclic) bond motifs is 1. The number of nitrogens with one attached hydrogen (secondary N) is 2. The van der Waals surface area contributed by atoms with Gasteiger partial charge in [-0.1, -0.05) is 36.4 Å². The number of para-hydroxylation sites is 3. The molecule has 6 rings (SSSR count). The molecule has 0 aliphatic carbocycles. The van der Waals surface area contributed by atoms with Crippen LogP contribution in [0.2, 0.25) is 0 Å². The number of aromatic nitrogens is 2. The van der Waals surface area contributed by atoms with Crippen molar-refractivity contribution < 1.29 is 14.7 Å². The third-order valence-electron chi connectivity index (χ3n) is 8.50. The SMILES string of the molecule is O=C(N[C@H](Cc1ccc(O)c(Br)c1)C(=O)N1CCN(c2ccccc2)CC1)N1CCC(n2c(=O)[nH]c3ccccc32)CC1. The molecule has 0 radical (unpaired) electrons. The number of urea groups is 1. The Hall–Kier alpha value is -4.25. The predicted octanol–water partition coefficient (Wildman–Crippen LogP) is 4.10. The maximum atomic E-state index is 13.9. The zero-order valence-corrected chi connectivity index (χ0v) is 25.4. The average molecular weight is 648 g/mol.